The van der Waals surface area contributed by atoms with Crippen LogP contribution < -0.4 is 10.1 Å². The highest BCUT2D eigenvalue weighted by Crippen LogP contribution is 2.17. The lowest BCUT2D eigenvalue weighted by Gasteiger charge is -2.22. The number of nitrogens with zero attached hydrogens (tertiary/aromatic N) is 4. The molecule has 152 valence electrons. The van der Waals surface area contributed by atoms with Crippen LogP contribution in [0.4, 0.5) is 0 Å². The quantitative estimate of drug-likeness (QED) is 0.623. The molecule has 0 bridgehead atoms. The van der Waals surface area contributed by atoms with E-state index in [0.717, 1.165) is 31.6 Å². The molecule has 1 aromatic carbocycles. The third-order valence-electron chi connectivity index (χ3n) is 4.72. The van der Waals surface area contributed by atoms with E-state index in [1.807, 2.05) is 24.3 Å². The van der Waals surface area contributed by atoms with Crippen LogP contribution in [0.25, 0.3) is 5.69 Å². The van der Waals surface area contributed by atoms with Crippen LogP contribution in [0.5, 0.6) is 5.75 Å². The fraction of sp³-hybridized carbons (Fsp3) is 0.400. The highest BCUT2D eigenvalue weighted by molar-refractivity contribution is 5.92. The van der Waals surface area contributed by atoms with Gasteiger partial charge in [-0.25, -0.2) is 9.67 Å². The van der Waals surface area contributed by atoms with Crippen molar-refractivity contribution in [1.82, 2.24) is 25.2 Å². The number of rotatable bonds is 8. The monoisotopic (exact) mass is 397 g/mol. The van der Waals surface area contributed by atoms with E-state index in [1.165, 1.54) is 12.7 Å². The Labute approximate surface area is 168 Å². The van der Waals surface area contributed by atoms with E-state index in [1.54, 1.807) is 17.1 Å². The van der Waals surface area contributed by atoms with Crippen molar-refractivity contribution >= 4 is 5.91 Å². The lowest BCUT2D eigenvalue weighted by atomic mass is 10.1. The molecule has 1 N–H and O–H groups in total. The third kappa shape index (κ3) is 5.20. The number of hydrogen-bond acceptors (Lipinski definition) is 7. The lowest BCUT2D eigenvalue weighted by molar-refractivity contribution is 0.0117. The number of aromatic nitrogens is 4. The molecule has 0 aliphatic carbocycles. The molecule has 1 unspecified atom stereocenters. The maximum Gasteiger partial charge on any atom is 0.273 e. The second-order valence-corrected chi connectivity index (χ2v) is 6.83. The fourth-order valence-corrected chi connectivity index (χ4v) is 3.15. The Kier molecular flexibility index (Phi) is 6.16. The number of carbonyl (C=O) groups excluding carboxylic acids is 1. The van der Waals surface area contributed by atoms with E-state index in [0.29, 0.717) is 18.1 Å². The normalized spacial score (nSPS) is 16.5. The van der Waals surface area contributed by atoms with Crippen molar-refractivity contribution < 1.29 is 18.8 Å². The molecule has 1 aliphatic rings. The summed E-state index contributed by atoms with van der Waals surface area (Å²) in [6, 6.07) is 9.00. The summed E-state index contributed by atoms with van der Waals surface area (Å²) in [7, 11) is 0. The summed E-state index contributed by atoms with van der Waals surface area (Å²) in [5.41, 5.74) is 1.13. The van der Waals surface area contributed by atoms with E-state index in [9.17, 15) is 4.79 Å². The summed E-state index contributed by atoms with van der Waals surface area (Å²) in [6.45, 7) is 1.55. The van der Waals surface area contributed by atoms with Gasteiger partial charge in [0, 0.05) is 19.2 Å². The maximum absolute atomic E-state index is 12.2. The standard InChI is InChI=1S/C20H23N5O4/c26-20(22-9-8-16-3-1-2-10-27-16)19-11-18(29-24-19)12-28-17-6-4-15(5-7-17)25-14-21-13-23-25/h4-7,11,13-14,16H,1-3,8-10,12H2,(H,22,26). The van der Waals surface area contributed by atoms with Crippen LogP contribution in [0.2, 0.25) is 0 Å². The smallest absolute Gasteiger partial charge is 0.273 e. The van der Waals surface area contributed by atoms with Gasteiger partial charge in [0.1, 0.15) is 25.0 Å². The van der Waals surface area contributed by atoms with Crippen LogP contribution >= 0.6 is 0 Å². The zero-order valence-corrected chi connectivity index (χ0v) is 16.0. The number of benzene rings is 1. The van der Waals surface area contributed by atoms with Gasteiger partial charge in [-0.15, -0.1) is 0 Å². The zero-order valence-electron chi connectivity index (χ0n) is 16.0. The van der Waals surface area contributed by atoms with Crippen LogP contribution in [0.15, 0.2) is 47.5 Å². The average molecular weight is 397 g/mol. The Morgan fingerprint density at radius 1 is 1.28 bits per heavy atom. The molecule has 4 rings (SSSR count). The number of ether oxygens (including phenoxy) is 2. The van der Waals surface area contributed by atoms with E-state index < -0.39 is 0 Å². The molecule has 1 fully saturated rings. The van der Waals surface area contributed by atoms with Gasteiger partial charge in [-0.1, -0.05) is 5.16 Å². The first kappa shape index (κ1) is 19.1. The number of amides is 1. The third-order valence-corrected chi connectivity index (χ3v) is 4.72. The molecule has 3 aromatic rings. The van der Waals surface area contributed by atoms with Gasteiger partial charge in [0.2, 0.25) is 0 Å². The molecule has 9 nitrogen and oxygen atoms in total. The van der Waals surface area contributed by atoms with Gasteiger partial charge in [-0.2, -0.15) is 5.10 Å². The molecule has 1 aliphatic heterocycles. The predicted molar refractivity (Wildman–Crippen MR) is 103 cm³/mol. The topological polar surface area (TPSA) is 104 Å². The largest absolute Gasteiger partial charge is 0.486 e. The van der Waals surface area contributed by atoms with Gasteiger partial charge in [0.25, 0.3) is 5.91 Å². The highest BCUT2D eigenvalue weighted by Gasteiger charge is 2.16. The number of nitrogens with one attached hydrogen (secondary N) is 1. The molecule has 29 heavy (non-hydrogen) atoms. The molecule has 1 atom stereocenters. The van der Waals surface area contributed by atoms with Crippen LogP contribution in [-0.2, 0) is 11.3 Å². The summed E-state index contributed by atoms with van der Waals surface area (Å²) in [6.07, 6.45) is 7.52. The van der Waals surface area contributed by atoms with Crippen molar-refractivity contribution in [1.29, 1.82) is 0 Å². The Hall–Kier alpha value is -3.20. The molecule has 0 saturated carbocycles. The first-order valence-electron chi connectivity index (χ1n) is 9.71. The van der Waals surface area contributed by atoms with Gasteiger partial charge >= 0.3 is 0 Å². The molecule has 0 spiro atoms. The first-order valence-corrected chi connectivity index (χ1v) is 9.71. The predicted octanol–water partition coefficient (Wildman–Crippen LogP) is 2.52. The minimum atomic E-state index is -0.256. The summed E-state index contributed by atoms with van der Waals surface area (Å²) >= 11 is 0. The Balaban J connectivity index is 1.23. The Morgan fingerprint density at radius 3 is 2.93 bits per heavy atom. The van der Waals surface area contributed by atoms with E-state index in [2.05, 4.69) is 20.6 Å². The summed E-state index contributed by atoms with van der Waals surface area (Å²) < 4.78 is 18.2. The molecular weight excluding hydrogens is 374 g/mol. The Bertz CT molecular complexity index is 901. The van der Waals surface area contributed by atoms with Crippen LogP contribution in [-0.4, -0.2) is 45.1 Å². The van der Waals surface area contributed by atoms with Crippen molar-refractivity contribution in [2.45, 2.75) is 38.4 Å². The van der Waals surface area contributed by atoms with E-state index in [4.69, 9.17) is 14.0 Å². The fourth-order valence-electron chi connectivity index (χ4n) is 3.15. The van der Waals surface area contributed by atoms with E-state index in [-0.39, 0.29) is 24.3 Å². The van der Waals surface area contributed by atoms with Crippen LogP contribution in [0.1, 0.15) is 41.9 Å². The number of carbonyl (C=O) groups is 1. The second kappa shape index (κ2) is 9.33. The SMILES string of the molecule is O=C(NCCC1CCCCO1)c1cc(COc2ccc(-n3cncn3)cc2)on1. The zero-order chi connectivity index (χ0) is 19.9. The molecule has 1 saturated heterocycles. The molecule has 0 radical (unpaired) electrons. The summed E-state index contributed by atoms with van der Waals surface area (Å²) in [4.78, 5) is 16.1. The van der Waals surface area contributed by atoms with Crippen LogP contribution in [0, 0.1) is 0 Å². The maximum atomic E-state index is 12.2. The molecule has 1 amide bonds. The Morgan fingerprint density at radius 2 is 2.17 bits per heavy atom. The van der Waals surface area contributed by atoms with Gasteiger partial charge in [0.05, 0.1) is 11.8 Å². The van der Waals surface area contributed by atoms with Gasteiger partial charge in [-0.3, -0.25) is 4.79 Å². The second-order valence-electron chi connectivity index (χ2n) is 6.83. The van der Waals surface area contributed by atoms with Crippen LogP contribution in [0.3, 0.4) is 0 Å². The van der Waals surface area contributed by atoms with E-state index >= 15 is 0 Å². The van der Waals surface area contributed by atoms with Crippen molar-refractivity contribution in [3.8, 4) is 11.4 Å². The van der Waals surface area contributed by atoms with Gasteiger partial charge in [-0.05, 0) is 49.9 Å². The molecule has 2 aromatic heterocycles. The van der Waals surface area contributed by atoms with Crippen molar-refractivity contribution in [3.05, 3.63) is 54.4 Å². The molecule has 3 heterocycles. The van der Waals surface area contributed by atoms with Gasteiger partial charge in [0.15, 0.2) is 11.5 Å². The lowest BCUT2D eigenvalue weighted by Crippen LogP contribution is -2.29. The van der Waals surface area contributed by atoms with Crippen molar-refractivity contribution in [2.75, 3.05) is 13.2 Å². The average Bonchev–Trinajstić information content (AvgIpc) is 3.46. The first-order chi connectivity index (χ1) is 14.3. The minimum absolute atomic E-state index is 0.179. The van der Waals surface area contributed by atoms with Crippen molar-refractivity contribution in [3.63, 3.8) is 0 Å². The highest BCUT2D eigenvalue weighted by atomic mass is 16.5. The molecular formula is C20H23N5O4. The summed E-state index contributed by atoms with van der Waals surface area (Å²) in [5.74, 6) is 0.892. The van der Waals surface area contributed by atoms with Crippen molar-refractivity contribution in [2.24, 2.45) is 0 Å². The number of hydrogen-bond donors (Lipinski definition) is 1. The minimum Gasteiger partial charge on any atom is -0.486 e. The molecule has 9 heteroatoms. The summed E-state index contributed by atoms with van der Waals surface area (Å²) in [5, 5.41) is 10.8. The van der Waals surface area contributed by atoms with Gasteiger partial charge < -0.3 is 19.3 Å².